The third-order valence-corrected chi connectivity index (χ3v) is 4.14. The summed E-state index contributed by atoms with van der Waals surface area (Å²) in [7, 11) is 0. The van der Waals surface area contributed by atoms with Crippen LogP contribution in [0.15, 0.2) is 46.9 Å². The van der Waals surface area contributed by atoms with Gasteiger partial charge in [-0.3, -0.25) is 0 Å². The molecule has 2 aromatic carbocycles. The number of rotatable bonds is 3. The fourth-order valence-corrected chi connectivity index (χ4v) is 3.27. The van der Waals surface area contributed by atoms with Gasteiger partial charge in [-0.2, -0.15) is 0 Å². The van der Waals surface area contributed by atoms with Gasteiger partial charge in [0.05, 0.1) is 0 Å². The lowest BCUT2D eigenvalue weighted by atomic mass is 9.98. The van der Waals surface area contributed by atoms with Crippen LogP contribution in [0.5, 0.6) is 0 Å². The summed E-state index contributed by atoms with van der Waals surface area (Å²) in [6, 6.07) is 14.5. The second-order valence-electron chi connectivity index (χ2n) is 4.23. The van der Waals surface area contributed by atoms with E-state index in [0.717, 1.165) is 15.9 Å². The van der Waals surface area contributed by atoms with Gasteiger partial charge in [-0.05, 0) is 42.2 Å². The zero-order chi connectivity index (χ0) is 13.1. The largest absolute Gasteiger partial charge is 0.0842 e. The summed E-state index contributed by atoms with van der Waals surface area (Å²) in [5.74, 6) is 0. The van der Waals surface area contributed by atoms with Crippen molar-refractivity contribution in [1.29, 1.82) is 0 Å². The molecule has 2 aromatic rings. The Balaban J connectivity index is 2.43. The van der Waals surface area contributed by atoms with Crippen LogP contribution < -0.4 is 0 Å². The van der Waals surface area contributed by atoms with E-state index in [0.29, 0.717) is 0 Å². The van der Waals surface area contributed by atoms with Gasteiger partial charge in [0.25, 0.3) is 0 Å². The lowest BCUT2D eigenvalue weighted by molar-refractivity contribution is 1.05. The average Bonchev–Trinajstić information content (AvgIpc) is 2.33. The third-order valence-electron chi connectivity index (χ3n) is 2.85. The van der Waals surface area contributed by atoms with Crippen LogP contribution >= 0.6 is 43.5 Å². The molecule has 2 rings (SSSR count). The van der Waals surface area contributed by atoms with Gasteiger partial charge < -0.3 is 0 Å². The van der Waals surface area contributed by atoms with Gasteiger partial charge in [0.15, 0.2) is 0 Å². The number of alkyl halides is 1. The van der Waals surface area contributed by atoms with Gasteiger partial charge in [-0.15, -0.1) is 0 Å². The third kappa shape index (κ3) is 3.37. The van der Waals surface area contributed by atoms with E-state index < -0.39 is 0 Å². The van der Waals surface area contributed by atoms with Crippen molar-refractivity contribution in [2.24, 2.45) is 0 Å². The first-order valence-corrected chi connectivity index (χ1v) is 7.82. The molecule has 0 N–H and O–H groups in total. The predicted octanol–water partition coefficient (Wildman–Crippen LogP) is 6.15. The van der Waals surface area contributed by atoms with Crippen LogP contribution in [0, 0.1) is 0 Å². The van der Waals surface area contributed by atoms with Gasteiger partial charge in [0, 0.05) is 14.3 Å². The molecule has 0 aliphatic rings. The molecule has 0 bridgehead atoms. The van der Waals surface area contributed by atoms with Gasteiger partial charge in [0.2, 0.25) is 0 Å². The Bertz CT molecular complexity index is 536. The minimum atomic E-state index is 0.284. The predicted molar refractivity (Wildman–Crippen MR) is 85.7 cm³/mol. The van der Waals surface area contributed by atoms with E-state index in [-0.39, 0.29) is 4.83 Å². The van der Waals surface area contributed by atoms with Crippen molar-refractivity contribution in [3.8, 4) is 0 Å². The van der Waals surface area contributed by atoms with E-state index in [1.807, 2.05) is 12.1 Å². The van der Waals surface area contributed by atoms with Crippen molar-refractivity contribution < 1.29 is 0 Å². The van der Waals surface area contributed by atoms with Gasteiger partial charge >= 0.3 is 0 Å². The van der Waals surface area contributed by atoms with Crippen molar-refractivity contribution in [2.45, 2.75) is 18.2 Å². The second-order valence-corrected chi connectivity index (χ2v) is 6.93. The molecule has 0 heterocycles. The van der Waals surface area contributed by atoms with E-state index in [1.165, 1.54) is 16.7 Å². The fraction of sp³-hybridized carbons (Fsp3) is 0.200. The lowest BCUT2D eigenvalue weighted by Crippen LogP contribution is -1.98. The molecule has 0 fully saturated rings. The molecule has 0 saturated carbocycles. The highest BCUT2D eigenvalue weighted by Crippen LogP contribution is 2.34. The zero-order valence-electron chi connectivity index (χ0n) is 9.96. The fourth-order valence-electron chi connectivity index (χ4n) is 1.96. The highest BCUT2D eigenvalue weighted by molar-refractivity contribution is 9.10. The SMILES string of the molecule is CC(Br)c1cc(Br)cc(Cl)c1Cc1ccccc1. The molecule has 18 heavy (non-hydrogen) atoms. The molecular formula is C15H13Br2Cl. The van der Waals surface area contributed by atoms with Crippen LogP contribution in [0.4, 0.5) is 0 Å². The van der Waals surface area contributed by atoms with E-state index in [2.05, 4.69) is 69.1 Å². The monoisotopic (exact) mass is 386 g/mol. The van der Waals surface area contributed by atoms with Crippen LogP contribution in [0.3, 0.4) is 0 Å². The molecular weight excluding hydrogens is 375 g/mol. The van der Waals surface area contributed by atoms with E-state index >= 15 is 0 Å². The molecule has 94 valence electrons. The van der Waals surface area contributed by atoms with Crippen LogP contribution in [0.25, 0.3) is 0 Å². The molecule has 3 heteroatoms. The zero-order valence-corrected chi connectivity index (χ0v) is 13.9. The molecule has 0 aromatic heterocycles. The summed E-state index contributed by atoms with van der Waals surface area (Å²) in [5.41, 5.74) is 3.70. The molecule has 0 aliphatic heterocycles. The Morgan fingerprint density at radius 3 is 2.44 bits per heavy atom. The number of halogens is 3. The Labute approximate surface area is 130 Å². The molecule has 0 amide bonds. The maximum atomic E-state index is 6.38. The van der Waals surface area contributed by atoms with Crippen LogP contribution in [-0.2, 0) is 6.42 Å². The van der Waals surface area contributed by atoms with Crippen molar-refractivity contribution in [1.82, 2.24) is 0 Å². The van der Waals surface area contributed by atoms with Crippen LogP contribution in [-0.4, -0.2) is 0 Å². The maximum absolute atomic E-state index is 6.38. The summed E-state index contributed by atoms with van der Waals surface area (Å²) in [6.45, 7) is 2.12. The topological polar surface area (TPSA) is 0 Å². The number of hydrogen-bond donors (Lipinski definition) is 0. The van der Waals surface area contributed by atoms with Crippen molar-refractivity contribution >= 4 is 43.5 Å². The summed E-state index contributed by atoms with van der Waals surface area (Å²) >= 11 is 13.5. The number of benzene rings is 2. The second kappa shape index (κ2) is 6.23. The van der Waals surface area contributed by atoms with E-state index in [1.54, 1.807) is 0 Å². The van der Waals surface area contributed by atoms with Crippen molar-refractivity contribution in [3.05, 3.63) is 68.7 Å². The molecule has 0 aliphatic carbocycles. The Morgan fingerprint density at radius 2 is 1.83 bits per heavy atom. The first-order valence-electron chi connectivity index (χ1n) is 5.73. The minimum Gasteiger partial charge on any atom is -0.0842 e. The first kappa shape index (κ1) is 14.1. The molecule has 0 nitrogen and oxygen atoms in total. The van der Waals surface area contributed by atoms with Crippen molar-refractivity contribution in [3.63, 3.8) is 0 Å². The maximum Gasteiger partial charge on any atom is 0.0455 e. The molecule has 0 radical (unpaired) electrons. The van der Waals surface area contributed by atoms with Gasteiger partial charge in [0.1, 0.15) is 0 Å². The highest BCUT2D eigenvalue weighted by Gasteiger charge is 2.13. The lowest BCUT2D eigenvalue weighted by Gasteiger charge is -2.14. The Hall–Kier alpha value is -0.310. The normalized spacial score (nSPS) is 12.4. The Kier molecular flexibility index (Phi) is 4.88. The molecule has 0 saturated heterocycles. The quantitative estimate of drug-likeness (QED) is 0.553. The van der Waals surface area contributed by atoms with Gasteiger partial charge in [-0.1, -0.05) is 73.8 Å². The van der Waals surface area contributed by atoms with Crippen molar-refractivity contribution in [2.75, 3.05) is 0 Å². The van der Waals surface area contributed by atoms with E-state index in [4.69, 9.17) is 11.6 Å². The smallest absolute Gasteiger partial charge is 0.0455 e. The molecule has 0 spiro atoms. The summed E-state index contributed by atoms with van der Waals surface area (Å²) in [4.78, 5) is 0.284. The summed E-state index contributed by atoms with van der Waals surface area (Å²) < 4.78 is 1.02. The van der Waals surface area contributed by atoms with Crippen LogP contribution in [0.1, 0.15) is 28.4 Å². The molecule has 1 unspecified atom stereocenters. The molecule has 1 atom stereocenters. The average molecular weight is 389 g/mol. The van der Waals surface area contributed by atoms with Crippen LogP contribution in [0.2, 0.25) is 5.02 Å². The van der Waals surface area contributed by atoms with E-state index in [9.17, 15) is 0 Å². The number of hydrogen-bond acceptors (Lipinski definition) is 0. The summed E-state index contributed by atoms with van der Waals surface area (Å²) in [5, 5.41) is 0.814. The minimum absolute atomic E-state index is 0.284. The first-order chi connectivity index (χ1) is 8.58. The standard InChI is InChI=1S/C15H13Br2Cl/c1-10(16)13-8-12(17)9-15(18)14(13)7-11-5-3-2-4-6-11/h2-6,8-10H,7H2,1H3. The Morgan fingerprint density at radius 1 is 1.17 bits per heavy atom. The summed E-state index contributed by atoms with van der Waals surface area (Å²) in [6.07, 6.45) is 0.859. The van der Waals surface area contributed by atoms with Gasteiger partial charge in [-0.25, -0.2) is 0 Å². The highest BCUT2D eigenvalue weighted by atomic mass is 79.9.